The first-order valence-electron chi connectivity index (χ1n) is 11.8. The molecule has 7 nitrogen and oxygen atoms in total. The van der Waals surface area contributed by atoms with Crippen LogP contribution in [0.2, 0.25) is 0 Å². The van der Waals surface area contributed by atoms with Gasteiger partial charge in [-0.05, 0) is 42.7 Å². The number of carboxylic acids is 1. The summed E-state index contributed by atoms with van der Waals surface area (Å²) in [5.74, 6) is 0.885. The molecule has 0 radical (unpaired) electrons. The van der Waals surface area contributed by atoms with Gasteiger partial charge in [-0.15, -0.1) is 0 Å². The second kappa shape index (κ2) is 12.2. The number of aliphatic carboxylic acids is 1. The highest BCUT2D eigenvalue weighted by Crippen LogP contribution is 2.34. The van der Waals surface area contributed by atoms with E-state index in [0.29, 0.717) is 18.1 Å². The van der Waals surface area contributed by atoms with Crippen molar-refractivity contribution in [3.05, 3.63) is 77.6 Å². The van der Waals surface area contributed by atoms with E-state index < -0.39 is 5.97 Å². The topological polar surface area (TPSA) is 92.0 Å². The minimum absolute atomic E-state index is 0.0128. The Balaban J connectivity index is 1.82. The van der Waals surface area contributed by atoms with Gasteiger partial charge in [0, 0.05) is 43.1 Å². The molecule has 0 aliphatic carbocycles. The number of furan rings is 1. The van der Waals surface area contributed by atoms with E-state index in [0.717, 1.165) is 34.8 Å². The van der Waals surface area contributed by atoms with Crippen molar-refractivity contribution in [2.24, 2.45) is 5.92 Å². The molecule has 35 heavy (non-hydrogen) atoms. The van der Waals surface area contributed by atoms with Crippen molar-refractivity contribution in [3.63, 3.8) is 0 Å². The molecule has 0 saturated carbocycles. The highest BCUT2D eigenvalue weighted by molar-refractivity contribution is 5.94. The van der Waals surface area contributed by atoms with Gasteiger partial charge in [0.15, 0.2) is 0 Å². The molecule has 186 valence electrons. The second-order valence-corrected chi connectivity index (χ2v) is 9.06. The summed E-state index contributed by atoms with van der Waals surface area (Å²) < 4.78 is 11.6. The average molecular weight is 479 g/mol. The molecule has 1 atom stereocenters. The van der Waals surface area contributed by atoms with Crippen LogP contribution < -0.4 is 5.32 Å². The summed E-state index contributed by atoms with van der Waals surface area (Å²) in [6, 6.07) is 19.3. The zero-order valence-corrected chi connectivity index (χ0v) is 20.8. The Labute approximate surface area is 206 Å². The SMILES string of the molecule is COCc1oc(-c2ccccc2)cc1C(CC(C)C)Nc1ccc(C(=O)N(C)CCC(=O)O)cc1. The van der Waals surface area contributed by atoms with Crippen molar-refractivity contribution in [1.82, 2.24) is 4.90 Å². The van der Waals surface area contributed by atoms with Crippen LogP contribution in [0.1, 0.15) is 54.4 Å². The highest BCUT2D eigenvalue weighted by atomic mass is 16.5. The van der Waals surface area contributed by atoms with Crippen LogP contribution in [0.5, 0.6) is 0 Å². The third-order valence-corrected chi connectivity index (χ3v) is 5.74. The number of carboxylic acid groups (broad SMARTS) is 1. The van der Waals surface area contributed by atoms with E-state index in [-0.39, 0.29) is 24.9 Å². The van der Waals surface area contributed by atoms with Crippen LogP contribution in [0.3, 0.4) is 0 Å². The lowest BCUT2D eigenvalue weighted by molar-refractivity contribution is -0.137. The van der Waals surface area contributed by atoms with E-state index in [4.69, 9.17) is 14.3 Å². The Hall–Kier alpha value is -3.58. The molecule has 3 aromatic rings. The molecule has 2 aromatic carbocycles. The Morgan fingerprint density at radius 3 is 2.37 bits per heavy atom. The average Bonchev–Trinajstić information content (AvgIpc) is 3.26. The number of carbonyl (C=O) groups excluding carboxylic acids is 1. The summed E-state index contributed by atoms with van der Waals surface area (Å²) >= 11 is 0. The number of carbonyl (C=O) groups is 2. The van der Waals surface area contributed by atoms with E-state index in [1.54, 1.807) is 26.3 Å². The lowest BCUT2D eigenvalue weighted by Gasteiger charge is -2.22. The lowest BCUT2D eigenvalue weighted by atomic mass is 9.96. The van der Waals surface area contributed by atoms with Gasteiger partial charge in [0.05, 0.1) is 12.5 Å². The van der Waals surface area contributed by atoms with Gasteiger partial charge in [-0.1, -0.05) is 44.2 Å². The molecule has 0 spiro atoms. The Morgan fingerprint density at radius 1 is 1.09 bits per heavy atom. The molecule has 1 aromatic heterocycles. The fraction of sp³-hybridized carbons (Fsp3) is 0.357. The maximum atomic E-state index is 12.6. The van der Waals surface area contributed by atoms with Crippen molar-refractivity contribution in [2.75, 3.05) is 26.0 Å². The Morgan fingerprint density at radius 2 is 1.77 bits per heavy atom. The standard InChI is InChI=1S/C28H34N2O5/c1-19(2)16-24(23-17-25(35-26(23)18-34-4)20-8-6-5-7-9-20)29-22-12-10-21(11-13-22)28(33)30(3)15-14-27(31)32/h5-13,17,19,24,29H,14-16,18H2,1-4H3,(H,31,32). The van der Waals surface area contributed by atoms with Gasteiger partial charge in [-0.3, -0.25) is 9.59 Å². The first-order chi connectivity index (χ1) is 16.8. The zero-order chi connectivity index (χ0) is 25.4. The molecule has 0 saturated heterocycles. The second-order valence-electron chi connectivity index (χ2n) is 9.06. The maximum absolute atomic E-state index is 12.6. The van der Waals surface area contributed by atoms with Crippen LogP contribution in [-0.4, -0.2) is 42.6 Å². The molecule has 1 amide bonds. The number of ether oxygens (including phenoxy) is 1. The zero-order valence-electron chi connectivity index (χ0n) is 20.8. The van der Waals surface area contributed by atoms with Crippen molar-refractivity contribution in [1.29, 1.82) is 0 Å². The molecule has 1 unspecified atom stereocenters. The fourth-order valence-electron chi connectivity index (χ4n) is 3.96. The number of hydrogen-bond acceptors (Lipinski definition) is 5. The number of anilines is 1. The van der Waals surface area contributed by atoms with Crippen molar-refractivity contribution < 1.29 is 23.8 Å². The minimum atomic E-state index is -0.928. The van der Waals surface area contributed by atoms with E-state index in [1.807, 2.05) is 42.5 Å². The Kier molecular flexibility index (Phi) is 9.09. The largest absolute Gasteiger partial charge is 0.481 e. The van der Waals surface area contributed by atoms with Crippen LogP contribution in [0.25, 0.3) is 11.3 Å². The third-order valence-electron chi connectivity index (χ3n) is 5.74. The molecule has 3 rings (SSSR count). The normalized spacial score (nSPS) is 11.9. The predicted octanol–water partition coefficient (Wildman–Crippen LogP) is 5.84. The third kappa shape index (κ3) is 7.20. The molecular weight excluding hydrogens is 444 g/mol. The van der Waals surface area contributed by atoms with Gasteiger partial charge in [0.1, 0.15) is 18.1 Å². The van der Waals surface area contributed by atoms with Crippen LogP contribution in [0.4, 0.5) is 5.69 Å². The summed E-state index contributed by atoms with van der Waals surface area (Å²) in [5.41, 5.74) is 3.45. The van der Waals surface area contributed by atoms with Gasteiger partial charge >= 0.3 is 5.97 Å². The van der Waals surface area contributed by atoms with Crippen molar-refractivity contribution in [2.45, 2.75) is 39.3 Å². The maximum Gasteiger partial charge on any atom is 0.305 e. The number of rotatable bonds is 12. The molecular formula is C28H34N2O5. The summed E-state index contributed by atoms with van der Waals surface area (Å²) in [4.78, 5) is 24.8. The monoisotopic (exact) mass is 478 g/mol. The number of nitrogens with zero attached hydrogens (tertiary/aromatic N) is 1. The predicted molar refractivity (Wildman–Crippen MR) is 136 cm³/mol. The van der Waals surface area contributed by atoms with Gasteiger partial charge in [-0.2, -0.15) is 0 Å². The number of methoxy groups -OCH3 is 1. The molecule has 0 fully saturated rings. The number of benzene rings is 2. The van der Waals surface area contributed by atoms with E-state index >= 15 is 0 Å². The summed E-state index contributed by atoms with van der Waals surface area (Å²) in [5, 5.41) is 12.5. The van der Waals surface area contributed by atoms with E-state index in [1.165, 1.54) is 4.90 Å². The highest BCUT2D eigenvalue weighted by Gasteiger charge is 2.22. The van der Waals surface area contributed by atoms with Gasteiger partial charge in [-0.25, -0.2) is 0 Å². The van der Waals surface area contributed by atoms with E-state index in [2.05, 4.69) is 25.2 Å². The molecule has 0 aliphatic rings. The summed E-state index contributed by atoms with van der Waals surface area (Å²) in [7, 11) is 3.26. The van der Waals surface area contributed by atoms with Gasteiger partial charge < -0.3 is 24.5 Å². The smallest absolute Gasteiger partial charge is 0.305 e. The van der Waals surface area contributed by atoms with Gasteiger partial charge in [0.25, 0.3) is 5.91 Å². The molecule has 7 heteroatoms. The Bertz CT molecular complexity index is 1110. The quantitative estimate of drug-likeness (QED) is 0.340. The number of hydrogen-bond donors (Lipinski definition) is 2. The summed E-state index contributed by atoms with van der Waals surface area (Å²) in [6.45, 7) is 4.89. The van der Waals surface area contributed by atoms with Crippen molar-refractivity contribution >= 4 is 17.6 Å². The molecule has 0 aliphatic heterocycles. The van der Waals surface area contributed by atoms with Crippen molar-refractivity contribution in [3.8, 4) is 11.3 Å². The lowest BCUT2D eigenvalue weighted by Crippen LogP contribution is -2.29. The van der Waals surface area contributed by atoms with E-state index in [9.17, 15) is 9.59 Å². The fourth-order valence-corrected chi connectivity index (χ4v) is 3.96. The molecule has 1 heterocycles. The first kappa shape index (κ1) is 26.0. The van der Waals surface area contributed by atoms with Crippen LogP contribution in [0.15, 0.2) is 65.1 Å². The van der Waals surface area contributed by atoms with Crippen LogP contribution in [-0.2, 0) is 16.1 Å². The van der Waals surface area contributed by atoms with Crippen LogP contribution >= 0.6 is 0 Å². The molecule has 2 N–H and O–H groups in total. The molecule has 0 bridgehead atoms. The van der Waals surface area contributed by atoms with Gasteiger partial charge in [0.2, 0.25) is 0 Å². The van der Waals surface area contributed by atoms with Crippen LogP contribution in [0, 0.1) is 5.92 Å². The number of amides is 1. The summed E-state index contributed by atoms with van der Waals surface area (Å²) in [6.07, 6.45) is 0.793. The number of nitrogens with one attached hydrogen (secondary N) is 1. The minimum Gasteiger partial charge on any atom is -0.481 e. The first-order valence-corrected chi connectivity index (χ1v) is 11.8.